The predicted octanol–water partition coefficient (Wildman–Crippen LogP) is 3.84. The summed E-state index contributed by atoms with van der Waals surface area (Å²) in [7, 11) is -3.74. The zero-order valence-corrected chi connectivity index (χ0v) is 19.3. The summed E-state index contributed by atoms with van der Waals surface area (Å²) in [6, 6.07) is 23.9. The van der Waals surface area contributed by atoms with Crippen LogP contribution in [0.3, 0.4) is 0 Å². The number of primary sulfonamides is 1. The van der Waals surface area contributed by atoms with Gasteiger partial charge in [0.1, 0.15) is 0 Å². The third-order valence-electron chi connectivity index (χ3n) is 4.88. The second-order valence-electron chi connectivity index (χ2n) is 7.32. The number of nitrogens with zero attached hydrogens (tertiary/aromatic N) is 5. The lowest BCUT2D eigenvalue weighted by molar-refractivity contribution is 0.431. The Morgan fingerprint density at radius 3 is 2.44 bits per heavy atom. The van der Waals surface area contributed by atoms with Crippen molar-refractivity contribution in [2.24, 2.45) is 5.14 Å². The minimum absolute atomic E-state index is 0.0620. The molecular weight excluding hydrogens is 472 g/mol. The van der Waals surface area contributed by atoms with Gasteiger partial charge in [-0.15, -0.1) is 5.10 Å². The lowest BCUT2D eigenvalue weighted by Crippen LogP contribution is -2.11. The Balaban J connectivity index is 1.37. The predicted molar refractivity (Wildman–Crippen MR) is 126 cm³/mol. The van der Waals surface area contributed by atoms with Crippen molar-refractivity contribution in [2.45, 2.75) is 21.2 Å². The molecule has 3 aromatic carbocycles. The zero-order chi connectivity index (χ0) is 23.5. The molecule has 0 atom stereocenters. The van der Waals surface area contributed by atoms with E-state index in [1.54, 1.807) is 23.0 Å². The van der Waals surface area contributed by atoms with Gasteiger partial charge in [-0.25, -0.2) is 18.2 Å². The van der Waals surface area contributed by atoms with Crippen LogP contribution >= 0.6 is 11.8 Å². The monoisotopic (exact) mass is 490 g/mol. The number of aromatic nitrogens is 5. The molecule has 0 fully saturated rings. The lowest BCUT2D eigenvalue weighted by Gasteiger charge is -2.06. The smallest absolute Gasteiger partial charge is 0.259 e. The van der Waals surface area contributed by atoms with E-state index in [9.17, 15) is 8.42 Å². The van der Waals surface area contributed by atoms with Gasteiger partial charge in [-0.1, -0.05) is 64.6 Å². The summed E-state index contributed by atoms with van der Waals surface area (Å²) in [5.41, 5.74) is 2.36. The van der Waals surface area contributed by atoms with E-state index < -0.39 is 10.0 Å². The molecule has 0 aliphatic carbocycles. The molecule has 170 valence electrons. The van der Waals surface area contributed by atoms with Crippen LogP contribution in [0.2, 0.25) is 0 Å². The van der Waals surface area contributed by atoms with E-state index in [2.05, 4.69) is 20.5 Å². The molecule has 0 aliphatic heterocycles. The summed E-state index contributed by atoms with van der Waals surface area (Å²) in [5, 5.41) is 17.6. The Morgan fingerprint density at radius 1 is 0.941 bits per heavy atom. The van der Waals surface area contributed by atoms with Gasteiger partial charge in [0, 0.05) is 9.79 Å². The van der Waals surface area contributed by atoms with E-state index in [1.807, 2.05) is 54.6 Å². The third kappa shape index (κ3) is 4.91. The quantitative estimate of drug-likeness (QED) is 0.364. The van der Waals surface area contributed by atoms with Crippen LogP contribution in [0.1, 0.15) is 5.56 Å². The molecule has 2 N–H and O–H groups in total. The molecule has 2 heterocycles. The normalized spacial score (nSPS) is 11.6. The average Bonchev–Trinajstić information content (AvgIpc) is 3.50. The van der Waals surface area contributed by atoms with Crippen LogP contribution in [0.5, 0.6) is 0 Å². The Morgan fingerprint density at radius 2 is 1.68 bits per heavy atom. The second kappa shape index (κ2) is 9.21. The first-order chi connectivity index (χ1) is 16.5. The van der Waals surface area contributed by atoms with Crippen molar-refractivity contribution in [1.29, 1.82) is 0 Å². The van der Waals surface area contributed by atoms with Gasteiger partial charge in [0.05, 0.1) is 23.2 Å². The van der Waals surface area contributed by atoms with Gasteiger partial charge in [-0.05, 0) is 42.0 Å². The molecule has 0 amide bonds. The van der Waals surface area contributed by atoms with Gasteiger partial charge in [0.25, 0.3) is 5.89 Å². The minimum Gasteiger partial charge on any atom is -0.334 e. The molecule has 0 saturated carbocycles. The van der Waals surface area contributed by atoms with Crippen LogP contribution in [-0.4, -0.2) is 33.6 Å². The lowest BCUT2D eigenvalue weighted by atomic mass is 10.2. The van der Waals surface area contributed by atoms with Gasteiger partial charge >= 0.3 is 0 Å². The molecule has 0 bridgehead atoms. The fourth-order valence-electron chi connectivity index (χ4n) is 3.24. The maximum absolute atomic E-state index is 11.5. The summed E-state index contributed by atoms with van der Waals surface area (Å²) < 4.78 is 30.2. The minimum atomic E-state index is -3.74. The summed E-state index contributed by atoms with van der Waals surface area (Å²) >= 11 is 1.44. The molecule has 5 rings (SSSR count). The molecule has 0 saturated heterocycles. The summed E-state index contributed by atoms with van der Waals surface area (Å²) in [4.78, 5) is 6.28. The van der Waals surface area contributed by atoms with Crippen molar-refractivity contribution in [3.63, 3.8) is 0 Å². The first-order valence-corrected chi connectivity index (χ1v) is 12.5. The summed E-state index contributed by atoms with van der Waals surface area (Å²) in [6.45, 7) is 0.586. The van der Waals surface area contributed by atoms with Crippen molar-refractivity contribution in [1.82, 2.24) is 25.1 Å². The average molecular weight is 491 g/mol. The summed E-state index contributed by atoms with van der Waals surface area (Å²) in [5.74, 6) is 0.684. The van der Waals surface area contributed by atoms with Crippen molar-refractivity contribution in [3.05, 3.63) is 90.6 Å². The topological polar surface area (TPSA) is 130 Å². The van der Waals surface area contributed by atoms with Crippen LogP contribution in [0.25, 0.3) is 23.0 Å². The van der Waals surface area contributed by atoms with E-state index in [0.717, 1.165) is 20.9 Å². The zero-order valence-electron chi connectivity index (χ0n) is 17.6. The SMILES string of the molecule is NS(=O)(=O)c1ccc(Sc2ccccc2-c2nc(-c3cn(Cc4ccccc4)nn3)no2)cc1. The van der Waals surface area contributed by atoms with Gasteiger partial charge < -0.3 is 4.52 Å². The fraction of sp³-hybridized carbons (Fsp3) is 0.0435. The molecule has 0 unspecified atom stereocenters. The molecule has 34 heavy (non-hydrogen) atoms. The Kier molecular flexibility index (Phi) is 5.97. The van der Waals surface area contributed by atoms with E-state index in [-0.39, 0.29) is 4.90 Å². The molecule has 0 radical (unpaired) electrons. The highest BCUT2D eigenvalue weighted by molar-refractivity contribution is 7.99. The van der Waals surface area contributed by atoms with E-state index in [0.29, 0.717) is 24.0 Å². The molecule has 9 nitrogen and oxygen atoms in total. The van der Waals surface area contributed by atoms with Gasteiger partial charge in [-0.3, -0.25) is 0 Å². The van der Waals surface area contributed by atoms with E-state index in [4.69, 9.17) is 9.66 Å². The number of benzene rings is 3. The largest absolute Gasteiger partial charge is 0.334 e. The van der Waals surface area contributed by atoms with Crippen LogP contribution in [0.4, 0.5) is 0 Å². The maximum atomic E-state index is 11.5. The van der Waals surface area contributed by atoms with Crippen LogP contribution in [0.15, 0.2) is 104 Å². The van der Waals surface area contributed by atoms with Crippen LogP contribution in [0, 0.1) is 0 Å². The van der Waals surface area contributed by atoms with E-state index in [1.165, 1.54) is 23.9 Å². The van der Waals surface area contributed by atoms with Crippen molar-refractivity contribution >= 4 is 21.8 Å². The van der Waals surface area contributed by atoms with Gasteiger partial charge in [-0.2, -0.15) is 4.98 Å². The Labute approximate surface area is 199 Å². The first kappa shape index (κ1) is 22.0. The highest BCUT2D eigenvalue weighted by Crippen LogP contribution is 2.36. The van der Waals surface area contributed by atoms with Crippen molar-refractivity contribution < 1.29 is 12.9 Å². The van der Waals surface area contributed by atoms with Gasteiger partial charge in [0.2, 0.25) is 15.8 Å². The summed E-state index contributed by atoms with van der Waals surface area (Å²) in [6.07, 6.45) is 1.77. The number of nitrogens with two attached hydrogens (primary N) is 1. The molecular formula is C23H18N6O3S2. The number of hydrogen-bond acceptors (Lipinski definition) is 8. The Bertz CT molecular complexity index is 1530. The van der Waals surface area contributed by atoms with E-state index >= 15 is 0 Å². The number of sulfonamides is 1. The van der Waals surface area contributed by atoms with Crippen LogP contribution < -0.4 is 5.14 Å². The van der Waals surface area contributed by atoms with Crippen LogP contribution in [-0.2, 0) is 16.6 Å². The molecule has 5 aromatic rings. The first-order valence-electron chi connectivity index (χ1n) is 10.1. The van der Waals surface area contributed by atoms with Crippen molar-refractivity contribution in [2.75, 3.05) is 0 Å². The number of rotatable bonds is 7. The molecule has 0 spiro atoms. The third-order valence-corrected chi connectivity index (χ3v) is 6.89. The standard InChI is InChI=1S/C23H18N6O3S2/c24-34(30,31)18-12-10-17(11-13-18)33-21-9-5-4-8-19(21)23-25-22(27-32-23)20-15-29(28-26-20)14-16-6-2-1-3-7-16/h1-13,15H,14H2,(H2,24,30,31). The van der Waals surface area contributed by atoms with Crippen molar-refractivity contribution in [3.8, 4) is 23.0 Å². The molecule has 0 aliphatic rings. The highest BCUT2D eigenvalue weighted by Gasteiger charge is 2.17. The molecule has 11 heteroatoms. The highest BCUT2D eigenvalue weighted by atomic mass is 32.2. The second-order valence-corrected chi connectivity index (χ2v) is 10.0. The number of hydrogen-bond donors (Lipinski definition) is 1. The fourth-order valence-corrected chi connectivity index (χ4v) is 4.70. The maximum Gasteiger partial charge on any atom is 0.259 e. The van der Waals surface area contributed by atoms with Gasteiger partial charge in [0.15, 0.2) is 5.69 Å². The Hall–Kier alpha value is -3.80. The molecule has 2 aromatic heterocycles.